The van der Waals surface area contributed by atoms with Gasteiger partial charge in [0.25, 0.3) is 0 Å². The number of rotatable bonds is 5. The van der Waals surface area contributed by atoms with Gasteiger partial charge in [-0.1, -0.05) is 15.9 Å². The van der Waals surface area contributed by atoms with Gasteiger partial charge in [0.2, 0.25) is 5.91 Å². The molecule has 1 aromatic rings. The Hall–Kier alpha value is -1.24. The van der Waals surface area contributed by atoms with Crippen LogP contribution in [0.15, 0.2) is 22.7 Å². The lowest BCUT2D eigenvalue weighted by atomic mass is 10.2. The second-order valence-corrected chi connectivity index (χ2v) is 5.81. The lowest BCUT2D eigenvalue weighted by molar-refractivity contribution is -0.138. The zero-order chi connectivity index (χ0) is 15.6. The molecule has 1 aliphatic rings. The van der Waals surface area contributed by atoms with Crippen LogP contribution in [0, 0.1) is 0 Å². The van der Waals surface area contributed by atoms with Crippen LogP contribution >= 0.6 is 15.9 Å². The molecule has 1 aromatic carbocycles. The summed E-state index contributed by atoms with van der Waals surface area (Å²) < 4.78 is 38.4. The number of halogens is 4. The van der Waals surface area contributed by atoms with Gasteiger partial charge in [-0.05, 0) is 38.0 Å². The van der Waals surface area contributed by atoms with Crippen LogP contribution in [-0.2, 0) is 11.0 Å². The molecule has 0 aliphatic heterocycles. The molecular weight excluding hydrogens is 349 g/mol. The van der Waals surface area contributed by atoms with Crippen molar-refractivity contribution in [3.8, 4) is 0 Å². The van der Waals surface area contributed by atoms with Crippen LogP contribution in [0.4, 0.5) is 18.9 Å². The lowest BCUT2D eigenvalue weighted by Crippen LogP contribution is -2.37. The number of hydrogen-bond acceptors (Lipinski definition) is 2. The molecule has 0 spiro atoms. The smallest absolute Gasteiger partial charge is 0.376 e. The standard InChI is InChI=1S/C14H16BrF3N2O/c1-2-20(10-4-5-10)13(21)8-19-9-3-6-12(15)11(7-9)14(16,17)18/h3,6-7,10,19H,2,4-5,8H2,1H3. The molecule has 0 heterocycles. The molecule has 0 aromatic heterocycles. The lowest BCUT2D eigenvalue weighted by Gasteiger charge is -2.21. The molecule has 0 saturated heterocycles. The molecule has 7 heteroatoms. The molecule has 0 bridgehead atoms. The van der Waals surface area contributed by atoms with E-state index in [1.165, 1.54) is 12.1 Å². The number of amides is 1. The predicted molar refractivity (Wildman–Crippen MR) is 78.0 cm³/mol. The van der Waals surface area contributed by atoms with Gasteiger partial charge in [-0.15, -0.1) is 0 Å². The summed E-state index contributed by atoms with van der Waals surface area (Å²) in [6.07, 6.45) is -2.41. The third-order valence-corrected chi connectivity index (χ3v) is 4.06. The third-order valence-electron chi connectivity index (χ3n) is 3.36. The van der Waals surface area contributed by atoms with Crippen molar-refractivity contribution in [2.75, 3.05) is 18.4 Å². The first-order valence-electron chi connectivity index (χ1n) is 6.73. The first-order chi connectivity index (χ1) is 9.82. The molecule has 1 fully saturated rings. The minimum Gasteiger partial charge on any atom is -0.376 e. The van der Waals surface area contributed by atoms with E-state index >= 15 is 0 Å². The molecule has 1 aliphatic carbocycles. The molecule has 21 heavy (non-hydrogen) atoms. The van der Waals surface area contributed by atoms with E-state index in [1.54, 1.807) is 4.90 Å². The summed E-state index contributed by atoms with van der Waals surface area (Å²) in [4.78, 5) is 13.8. The van der Waals surface area contributed by atoms with E-state index < -0.39 is 11.7 Å². The largest absolute Gasteiger partial charge is 0.417 e. The van der Waals surface area contributed by atoms with Gasteiger partial charge in [0.15, 0.2) is 0 Å². The number of nitrogens with zero attached hydrogens (tertiary/aromatic N) is 1. The van der Waals surface area contributed by atoms with Crippen LogP contribution in [-0.4, -0.2) is 29.9 Å². The quantitative estimate of drug-likeness (QED) is 0.859. The maximum Gasteiger partial charge on any atom is 0.417 e. The van der Waals surface area contributed by atoms with E-state index in [1.807, 2.05) is 6.92 Å². The molecule has 0 unspecified atom stereocenters. The van der Waals surface area contributed by atoms with Gasteiger partial charge < -0.3 is 10.2 Å². The summed E-state index contributed by atoms with van der Waals surface area (Å²) in [5, 5.41) is 2.77. The van der Waals surface area contributed by atoms with Gasteiger partial charge in [0, 0.05) is 22.7 Å². The van der Waals surface area contributed by atoms with Gasteiger partial charge in [0.05, 0.1) is 12.1 Å². The summed E-state index contributed by atoms with van der Waals surface area (Å²) in [6.45, 7) is 2.53. The highest BCUT2D eigenvalue weighted by Gasteiger charge is 2.33. The maximum atomic E-state index is 12.8. The number of carbonyl (C=O) groups is 1. The zero-order valence-electron chi connectivity index (χ0n) is 11.5. The van der Waals surface area contributed by atoms with Crippen molar-refractivity contribution in [3.05, 3.63) is 28.2 Å². The van der Waals surface area contributed by atoms with Gasteiger partial charge >= 0.3 is 6.18 Å². The Kier molecular flexibility index (Phi) is 4.81. The van der Waals surface area contributed by atoms with Crippen LogP contribution in [0.1, 0.15) is 25.3 Å². The number of nitrogens with one attached hydrogen (secondary N) is 1. The molecule has 1 saturated carbocycles. The summed E-state index contributed by atoms with van der Waals surface area (Å²) >= 11 is 2.89. The van der Waals surface area contributed by atoms with E-state index in [0.29, 0.717) is 12.6 Å². The second kappa shape index (κ2) is 6.25. The Morgan fingerprint density at radius 3 is 2.62 bits per heavy atom. The SMILES string of the molecule is CCN(C(=O)CNc1ccc(Br)c(C(F)(F)F)c1)C1CC1. The minimum atomic E-state index is -4.43. The monoisotopic (exact) mass is 364 g/mol. The summed E-state index contributed by atoms with van der Waals surface area (Å²) in [5.41, 5.74) is -0.472. The highest BCUT2D eigenvalue weighted by Crippen LogP contribution is 2.36. The zero-order valence-corrected chi connectivity index (χ0v) is 13.1. The number of alkyl halides is 3. The van der Waals surface area contributed by atoms with Crippen molar-refractivity contribution in [3.63, 3.8) is 0 Å². The number of carbonyl (C=O) groups excluding carboxylic acids is 1. The van der Waals surface area contributed by atoms with Crippen molar-refractivity contribution in [1.82, 2.24) is 4.90 Å². The number of anilines is 1. The molecule has 1 N–H and O–H groups in total. The molecule has 2 rings (SSSR count). The maximum absolute atomic E-state index is 12.8. The van der Waals surface area contributed by atoms with Gasteiger partial charge in [-0.3, -0.25) is 4.79 Å². The first kappa shape index (κ1) is 16.1. The fraction of sp³-hybridized carbons (Fsp3) is 0.500. The number of benzene rings is 1. The number of hydrogen-bond donors (Lipinski definition) is 1. The molecule has 0 atom stereocenters. The van der Waals surface area contributed by atoms with Crippen LogP contribution < -0.4 is 5.32 Å². The normalized spacial score (nSPS) is 14.9. The van der Waals surface area contributed by atoms with Crippen LogP contribution in [0.3, 0.4) is 0 Å². The van der Waals surface area contributed by atoms with E-state index in [4.69, 9.17) is 0 Å². The first-order valence-corrected chi connectivity index (χ1v) is 7.52. The Labute approximate surface area is 129 Å². The fourth-order valence-electron chi connectivity index (χ4n) is 2.16. The highest BCUT2D eigenvalue weighted by atomic mass is 79.9. The van der Waals surface area contributed by atoms with E-state index in [-0.39, 0.29) is 22.6 Å². The van der Waals surface area contributed by atoms with Crippen molar-refractivity contribution in [1.29, 1.82) is 0 Å². The number of likely N-dealkylation sites (N-methyl/N-ethyl adjacent to an activating group) is 1. The Morgan fingerprint density at radius 1 is 1.43 bits per heavy atom. The van der Waals surface area contributed by atoms with Crippen molar-refractivity contribution >= 4 is 27.5 Å². The van der Waals surface area contributed by atoms with E-state index in [2.05, 4.69) is 21.2 Å². The Balaban J connectivity index is 2.01. The molecule has 116 valence electrons. The average molecular weight is 365 g/mol. The van der Waals surface area contributed by atoms with Crippen molar-refractivity contribution in [2.24, 2.45) is 0 Å². The van der Waals surface area contributed by atoms with E-state index in [0.717, 1.165) is 18.9 Å². The second-order valence-electron chi connectivity index (χ2n) is 4.96. The predicted octanol–water partition coefficient (Wildman–Crippen LogP) is 3.89. The molecule has 3 nitrogen and oxygen atoms in total. The fourth-order valence-corrected chi connectivity index (χ4v) is 2.63. The van der Waals surface area contributed by atoms with Crippen molar-refractivity contribution < 1.29 is 18.0 Å². The summed E-state index contributed by atoms with van der Waals surface area (Å²) in [6, 6.07) is 4.15. The topological polar surface area (TPSA) is 32.3 Å². The minimum absolute atomic E-state index is 0.00324. The van der Waals surface area contributed by atoms with Crippen LogP contribution in [0.5, 0.6) is 0 Å². The molecular formula is C14H16BrF3N2O. The highest BCUT2D eigenvalue weighted by molar-refractivity contribution is 9.10. The molecule has 0 radical (unpaired) electrons. The van der Waals surface area contributed by atoms with Crippen LogP contribution in [0.2, 0.25) is 0 Å². The van der Waals surface area contributed by atoms with Gasteiger partial charge in [-0.2, -0.15) is 13.2 Å². The third kappa shape index (κ3) is 4.12. The van der Waals surface area contributed by atoms with Gasteiger partial charge in [0.1, 0.15) is 0 Å². The summed E-state index contributed by atoms with van der Waals surface area (Å²) in [5.74, 6) is -0.0866. The molecule has 1 amide bonds. The Morgan fingerprint density at radius 2 is 2.10 bits per heavy atom. The summed E-state index contributed by atoms with van der Waals surface area (Å²) in [7, 11) is 0. The van der Waals surface area contributed by atoms with Gasteiger partial charge in [-0.25, -0.2) is 0 Å². The van der Waals surface area contributed by atoms with E-state index in [9.17, 15) is 18.0 Å². The van der Waals surface area contributed by atoms with Crippen molar-refractivity contribution in [2.45, 2.75) is 32.0 Å². The Bertz CT molecular complexity index is 529. The van der Waals surface area contributed by atoms with Crippen LogP contribution in [0.25, 0.3) is 0 Å². The average Bonchev–Trinajstić information content (AvgIpc) is 3.22.